The molecule has 2 amide bonds. The molecule has 0 radical (unpaired) electrons. The molecule has 3 aromatic rings. The third-order valence-electron chi connectivity index (χ3n) is 5.35. The van der Waals surface area contributed by atoms with Crippen molar-refractivity contribution in [3.8, 4) is 11.5 Å². The highest BCUT2D eigenvalue weighted by atomic mass is 32.2. The van der Waals surface area contributed by atoms with Crippen molar-refractivity contribution in [2.45, 2.75) is 9.24 Å². The predicted molar refractivity (Wildman–Crippen MR) is 143 cm³/mol. The number of methoxy groups -OCH3 is 2. The van der Waals surface area contributed by atoms with E-state index in [0.29, 0.717) is 47.8 Å². The zero-order valence-electron chi connectivity index (χ0n) is 20.5. The number of carbonyl (C=O) groups is 2. The minimum Gasteiger partial charge on any atom is -0.493 e. The van der Waals surface area contributed by atoms with Gasteiger partial charge in [-0.2, -0.15) is 4.31 Å². The number of nitrogens with zero attached hydrogens (tertiary/aromatic N) is 3. The number of hydrogen-bond donors (Lipinski definition) is 2. The summed E-state index contributed by atoms with van der Waals surface area (Å²) in [5, 5.41) is 13.6. The molecular weight excluding hydrogens is 554 g/mol. The molecule has 2 N–H and O–H groups in total. The summed E-state index contributed by atoms with van der Waals surface area (Å²) in [4.78, 5) is 25.1. The van der Waals surface area contributed by atoms with Gasteiger partial charge >= 0.3 is 0 Å². The van der Waals surface area contributed by atoms with E-state index in [-0.39, 0.29) is 27.3 Å². The Hall–Kier alpha value is -3.24. The van der Waals surface area contributed by atoms with Gasteiger partial charge in [0.05, 0.1) is 38.1 Å². The molecule has 38 heavy (non-hydrogen) atoms. The number of thioether (sulfide) groups is 1. The summed E-state index contributed by atoms with van der Waals surface area (Å²) in [7, 11) is -0.606. The van der Waals surface area contributed by atoms with Gasteiger partial charge in [-0.05, 0) is 36.4 Å². The number of hydrogen-bond acceptors (Lipinski definition) is 11. The quantitative estimate of drug-likeness (QED) is 0.271. The van der Waals surface area contributed by atoms with Crippen LogP contribution >= 0.6 is 23.1 Å². The smallest absolute Gasteiger partial charge is 0.257 e. The molecule has 0 aliphatic carbocycles. The molecule has 0 unspecified atom stereocenters. The van der Waals surface area contributed by atoms with Crippen molar-refractivity contribution in [2.24, 2.45) is 0 Å². The van der Waals surface area contributed by atoms with E-state index in [1.54, 1.807) is 18.2 Å². The van der Waals surface area contributed by atoms with Crippen LogP contribution in [0.1, 0.15) is 10.4 Å². The molecule has 0 atom stereocenters. The molecule has 1 aliphatic rings. The highest BCUT2D eigenvalue weighted by Gasteiger charge is 2.26. The van der Waals surface area contributed by atoms with Crippen molar-refractivity contribution in [1.82, 2.24) is 14.5 Å². The molecule has 0 spiro atoms. The van der Waals surface area contributed by atoms with Crippen molar-refractivity contribution >= 4 is 55.8 Å². The van der Waals surface area contributed by atoms with Gasteiger partial charge in [0.15, 0.2) is 15.8 Å². The molecule has 0 saturated carbocycles. The maximum absolute atomic E-state index is 12.7. The molecule has 12 nitrogen and oxygen atoms in total. The highest BCUT2D eigenvalue weighted by Crippen LogP contribution is 2.30. The van der Waals surface area contributed by atoms with Gasteiger partial charge < -0.3 is 19.5 Å². The van der Waals surface area contributed by atoms with Gasteiger partial charge in [0, 0.05) is 30.4 Å². The van der Waals surface area contributed by atoms with Crippen molar-refractivity contribution < 1.29 is 32.2 Å². The van der Waals surface area contributed by atoms with Crippen LogP contribution in [-0.2, 0) is 19.6 Å². The third kappa shape index (κ3) is 6.79. The summed E-state index contributed by atoms with van der Waals surface area (Å²) in [5.41, 5.74) is 0.826. The normalized spacial score (nSPS) is 14.1. The second-order valence-electron chi connectivity index (χ2n) is 7.77. The molecule has 202 valence electrons. The number of amides is 2. The first-order chi connectivity index (χ1) is 18.3. The summed E-state index contributed by atoms with van der Waals surface area (Å²) in [5.74, 6) is 0.415. The highest BCUT2D eigenvalue weighted by molar-refractivity contribution is 8.01. The Morgan fingerprint density at radius 2 is 1.74 bits per heavy atom. The van der Waals surface area contributed by atoms with Crippen LogP contribution in [0, 0.1) is 0 Å². The van der Waals surface area contributed by atoms with Crippen LogP contribution in [0.5, 0.6) is 11.5 Å². The lowest BCUT2D eigenvalue weighted by atomic mass is 10.2. The van der Waals surface area contributed by atoms with E-state index < -0.39 is 15.9 Å². The SMILES string of the molecule is COc1ccc(NC(=O)CSc2nnc(NC(=O)c3ccc(S(=O)(=O)N4CCOCC4)cc3)s2)cc1OC. The largest absolute Gasteiger partial charge is 0.493 e. The fourth-order valence-electron chi connectivity index (χ4n) is 3.44. The van der Waals surface area contributed by atoms with E-state index >= 15 is 0 Å². The molecule has 1 aromatic heterocycles. The van der Waals surface area contributed by atoms with Crippen molar-refractivity contribution in [3.05, 3.63) is 48.0 Å². The lowest BCUT2D eigenvalue weighted by Crippen LogP contribution is -2.40. The summed E-state index contributed by atoms with van der Waals surface area (Å²) < 4.78 is 43.0. The van der Waals surface area contributed by atoms with Crippen LogP contribution < -0.4 is 20.1 Å². The summed E-state index contributed by atoms with van der Waals surface area (Å²) in [6.45, 7) is 1.29. The van der Waals surface area contributed by atoms with Crippen LogP contribution in [0.4, 0.5) is 10.8 Å². The molecule has 2 heterocycles. The maximum Gasteiger partial charge on any atom is 0.257 e. The number of nitrogens with one attached hydrogen (secondary N) is 2. The lowest BCUT2D eigenvalue weighted by molar-refractivity contribution is -0.113. The van der Waals surface area contributed by atoms with Crippen LogP contribution in [-0.4, -0.2) is 81.0 Å². The third-order valence-corrected chi connectivity index (χ3v) is 9.23. The Labute approximate surface area is 227 Å². The average Bonchev–Trinajstić information content (AvgIpc) is 3.39. The number of aromatic nitrogens is 2. The van der Waals surface area contributed by atoms with E-state index in [9.17, 15) is 18.0 Å². The zero-order valence-corrected chi connectivity index (χ0v) is 23.0. The van der Waals surface area contributed by atoms with Gasteiger partial charge in [-0.25, -0.2) is 8.42 Å². The van der Waals surface area contributed by atoms with E-state index in [1.165, 1.54) is 54.6 Å². The number of anilines is 2. The van der Waals surface area contributed by atoms with Crippen molar-refractivity contribution in [2.75, 3.05) is 56.9 Å². The minimum absolute atomic E-state index is 0.0794. The molecular formula is C23H25N5O7S3. The predicted octanol–water partition coefficient (Wildman–Crippen LogP) is 2.56. The van der Waals surface area contributed by atoms with E-state index in [0.717, 1.165) is 11.3 Å². The van der Waals surface area contributed by atoms with Crippen LogP contribution in [0.2, 0.25) is 0 Å². The summed E-state index contributed by atoms with van der Waals surface area (Å²) in [6, 6.07) is 10.7. The average molecular weight is 580 g/mol. The molecule has 1 fully saturated rings. The lowest BCUT2D eigenvalue weighted by Gasteiger charge is -2.26. The van der Waals surface area contributed by atoms with Gasteiger partial charge in [0.25, 0.3) is 5.91 Å². The molecule has 15 heteroatoms. The molecule has 1 saturated heterocycles. The van der Waals surface area contributed by atoms with E-state index in [2.05, 4.69) is 20.8 Å². The molecule has 1 aliphatic heterocycles. The molecule has 2 aromatic carbocycles. The number of sulfonamides is 1. The Morgan fingerprint density at radius 1 is 1.03 bits per heavy atom. The van der Waals surface area contributed by atoms with Gasteiger partial charge in [-0.15, -0.1) is 10.2 Å². The molecule has 0 bridgehead atoms. The monoisotopic (exact) mass is 579 g/mol. The number of ether oxygens (including phenoxy) is 3. The first kappa shape index (κ1) is 27.8. The molecule has 4 rings (SSSR count). The van der Waals surface area contributed by atoms with Crippen LogP contribution in [0.3, 0.4) is 0 Å². The van der Waals surface area contributed by atoms with E-state index in [4.69, 9.17) is 14.2 Å². The Morgan fingerprint density at radius 3 is 2.42 bits per heavy atom. The van der Waals surface area contributed by atoms with Crippen molar-refractivity contribution in [3.63, 3.8) is 0 Å². The Kier molecular flexibility index (Phi) is 9.17. The number of morpholine rings is 1. The zero-order chi connectivity index (χ0) is 27.1. The van der Waals surface area contributed by atoms with Crippen LogP contribution in [0.15, 0.2) is 51.7 Å². The topological polar surface area (TPSA) is 149 Å². The van der Waals surface area contributed by atoms with Gasteiger partial charge in [0.2, 0.25) is 21.1 Å². The number of rotatable bonds is 10. The van der Waals surface area contributed by atoms with Crippen LogP contribution in [0.25, 0.3) is 0 Å². The van der Waals surface area contributed by atoms with Gasteiger partial charge in [-0.1, -0.05) is 23.1 Å². The second kappa shape index (κ2) is 12.5. The Balaban J connectivity index is 1.29. The minimum atomic E-state index is -3.65. The van der Waals surface area contributed by atoms with Gasteiger partial charge in [0.1, 0.15) is 0 Å². The first-order valence-corrected chi connectivity index (χ1v) is 14.5. The standard InChI is InChI=1S/C23H25N5O7S3/c1-33-18-8-5-16(13-19(18)34-2)24-20(29)14-36-23-27-26-22(37-23)25-21(30)15-3-6-17(7-4-15)38(31,32)28-9-11-35-12-10-28/h3-8,13H,9-12,14H2,1-2H3,(H,24,29)(H,25,26,30). The van der Waals surface area contributed by atoms with E-state index in [1.807, 2.05) is 0 Å². The number of carbonyl (C=O) groups excluding carboxylic acids is 2. The van der Waals surface area contributed by atoms with Crippen molar-refractivity contribution in [1.29, 1.82) is 0 Å². The maximum atomic E-state index is 12.7. The summed E-state index contributed by atoms with van der Waals surface area (Å²) in [6.07, 6.45) is 0. The fourth-order valence-corrected chi connectivity index (χ4v) is 6.40. The first-order valence-electron chi connectivity index (χ1n) is 11.3. The fraction of sp³-hybridized carbons (Fsp3) is 0.304. The summed E-state index contributed by atoms with van der Waals surface area (Å²) >= 11 is 2.29. The second-order valence-corrected chi connectivity index (χ2v) is 11.9. The number of benzene rings is 2. The van der Waals surface area contributed by atoms with Gasteiger partial charge in [-0.3, -0.25) is 14.9 Å². The Bertz CT molecular complexity index is 1390.